The number of carbonyl (C=O) groups excluding carboxylic acids is 1. The minimum atomic E-state index is -0.719. The summed E-state index contributed by atoms with van der Waals surface area (Å²) in [5, 5.41) is 2.52. The van der Waals surface area contributed by atoms with Crippen molar-refractivity contribution in [1.29, 1.82) is 0 Å². The molecule has 1 atom stereocenters. The van der Waals surface area contributed by atoms with Crippen LogP contribution in [0.3, 0.4) is 0 Å². The van der Waals surface area contributed by atoms with Gasteiger partial charge in [-0.15, -0.1) is 0 Å². The fraction of sp³-hybridized carbons (Fsp3) is 0.333. The standard InChI is InChI=1S/C15H17FN8O2S/c1-6(2)9(11(25)22-15-18-4-7(16)12(23-15)26-3)27-13-8-10(20-5-19-8)21-14(17)24-13/h4-6,9H,1-3H3,(H,18,22,23,25)(H3,17,19,20,21,24)/t9-/m0/s1. The zero-order valence-electron chi connectivity index (χ0n) is 14.7. The second kappa shape index (κ2) is 7.70. The quantitative estimate of drug-likeness (QED) is 0.421. The molecule has 0 aromatic carbocycles. The Morgan fingerprint density at radius 3 is 2.81 bits per heavy atom. The number of ether oxygens (including phenoxy) is 1. The minimum Gasteiger partial charge on any atom is -0.479 e. The van der Waals surface area contributed by atoms with E-state index in [0.29, 0.717) is 16.2 Å². The topological polar surface area (TPSA) is 145 Å². The van der Waals surface area contributed by atoms with E-state index < -0.39 is 11.1 Å². The number of hydrogen-bond acceptors (Lipinski definition) is 9. The number of imidazole rings is 1. The van der Waals surface area contributed by atoms with Gasteiger partial charge in [-0.05, 0) is 5.92 Å². The number of aromatic amines is 1. The molecule has 1 amide bonds. The van der Waals surface area contributed by atoms with Gasteiger partial charge in [0.25, 0.3) is 5.88 Å². The lowest BCUT2D eigenvalue weighted by Gasteiger charge is -2.19. The third kappa shape index (κ3) is 4.05. The monoisotopic (exact) mass is 392 g/mol. The highest BCUT2D eigenvalue weighted by Crippen LogP contribution is 2.31. The zero-order valence-corrected chi connectivity index (χ0v) is 15.5. The Bertz CT molecular complexity index is 980. The van der Waals surface area contributed by atoms with Gasteiger partial charge in [0.1, 0.15) is 10.5 Å². The van der Waals surface area contributed by atoms with Gasteiger partial charge in [0.15, 0.2) is 5.65 Å². The average molecular weight is 392 g/mol. The Labute approximate surface area is 157 Å². The molecule has 0 aliphatic rings. The van der Waals surface area contributed by atoms with E-state index in [1.165, 1.54) is 25.2 Å². The van der Waals surface area contributed by atoms with Crippen molar-refractivity contribution in [2.75, 3.05) is 18.2 Å². The second-order valence-corrected chi connectivity index (χ2v) is 6.94. The summed E-state index contributed by atoms with van der Waals surface area (Å²) in [4.78, 5) is 35.6. The fourth-order valence-electron chi connectivity index (χ4n) is 2.26. The summed E-state index contributed by atoms with van der Waals surface area (Å²) < 4.78 is 18.2. The van der Waals surface area contributed by atoms with E-state index in [9.17, 15) is 9.18 Å². The number of hydrogen-bond donors (Lipinski definition) is 3. The first-order valence-electron chi connectivity index (χ1n) is 7.89. The summed E-state index contributed by atoms with van der Waals surface area (Å²) >= 11 is 1.21. The highest BCUT2D eigenvalue weighted by Gasteiger charge is 2.27. The first kappa shape index (κ1) is 18.8. The number of nitrogen functional groups attached to an aromatic ring is 1. The van der Waals surface area contributed by atoms with Gasteiger partial charge in [-0.25, -0.2) is 15.0 Å². The Morgan fingerprint density at radius 2 is 2.11 bits per heavy atom. The van der Waals surface area contributed by atoms with Crippen molar-refractivity contribution >= 4 is 40.7 Å². The molecule has 0 spiro atoms. The van der Waals surface area contributed by atoms with Crippen molar-refractivity contribution in [3.8, 4) is 5.88 Å². The number of nitrogens with two attached hydrogens (primary N) is 1. The molecule has 12 heteroatoms. The Morgan fingerprint density at radius 1 is 1.33 bits per heavy atom. The van der Waals surface area contributed by atoms with Crippen LogP contribution in [0.25, 0.3) is 11.2 Å². The molecule has 0 unspecified atom stereocenters. The predicted octanol–water partition coefficient (Wildman–Crippen LogP) is 1.63. The number of rotatable bonds is 6. The van der Waals surface area contributed by atoms with Crippen LogP contribution in [0.1, 0.15) is 13.8 Å². The van der Waals surface area contributed by atoms with E-state index in [0.717, 1.165) is 6.20 Å². The predicted molar refractivity (Wildman–Crippen MR) is 97.8 cm³/mol. The average Bonchev–Trinajstić information content (AvgIpc) is 3.09. The van der Waals surface area contributed by atoms with Gasteiger partial charge in [0, 0.05) is 0 Å². The van der Waals surface area contributed by atoms with E-state index in [2.05, 4.69) is 35.2 Å². The highest BCUT2D eigenvalue weighted by atomic mass is 32.2. The van der Waals surface area contributed by atoms with E-state index in [4.69, 9.17) is 10.5 Å². The summed E-state index contributed by atoms with van der Waals surface area (Å²) in [7, 11) is 1.28. The van der Waals surface area contributed by atoms with E-state index >= 15 is 0 Å². The van der Waals surface area contributed by atoms with Gasteiger partial charge < -0.3 is 15.5 Å². The molecule has 3 rings (SSSR count). The fourth-order valence-corrected chi connectivity index (χ4v) is 3.35. The van der Waals surface area contributed by atoms with Crippen LogP contribution in [0, 0.1) is 11.7 Å². The van der Waals surface area contributed by atoms with Crippen LogP contribution in [0.4, 0.5) is 16.3 Å². The number of nitrogens with one attached hydrogen (secondary N) is 2. The third-order valence-electron chi connectivity index (χ3n) is 3.51. The lowest BCUT2D eigenvalue weighted by molar-refractivity contribution is -0.116. The van der Waals surface area contributed by atoms with E-state index in [1.54, 1.807) is 0 Å². The van der Waals surface area contributed by atoms with E-state index in [-0.39, 0.29) is 29.6 Å². The minimum absolute atomic E-state index is 0.0570. The van der Waals surface area contributed by atoms with E-state index in [1.807, 2.05) is 13.8 Å². The van der Waals surface area contributed by atoms with Crippen LogP contribution in [-0.2, 0) is 4.79 Å². The van der Waals surface area contributed by atoms with Gasteiger partial charge in [-0.1, -0.05) is 25.6 Å². The number of nitrogens with zero attached hydrogens (tertiary/aromatic N) is 5. The molecule has 142 valence electrons. The zero-order chi connectivity index (χ0) is 19.6. The molecule has 0 aliphatic carbocycles. The normalized spacial score (nSPS) is 12.3. The molecule has 0 saturated carbocycles. The summed E-state index contributed by atoms with van der Waals surface area (Å²) in [5.41, 5.74) is 6.73. The smallest absolute Gasteiger partial charge is 0.255 e. The number of aromatic nitrogens is 6. The number of fused-ring (bicyclic) bond motifs is 1. The third-order valence-corrected chi connectivity index (χ3v) is 5.04. The number of methoxy groups -OCH3 is 1. The van der Waals surface area contributed by atoms with Gasteiger partial charge in [-0.2, -0.15) is 14.4 Å². The summed E-state index contributed by atoms with van der Waals surface area (Å²) in [6.45, 7) is 3.77. The lowest BCUT2D eigenvalue weighted by atomic mass is 10.1. The van der Waals surface area contributed by atoms with Crippen molar-refractivity contribution in [2.24, 2.45) is 5.92 Å². The largest absolute Gasteiger partial charge is 0.479 e. The number of thioether (sulfide) groups is 1. The summed E-state index contributed by atoms with van der Waals surface area (Å²) in [6, 6.07) is 0. The second-order valence-electron chi connectivity index (χ2n) is 5.81. The molecule has 3 aromatic heterocycles. The number of carbonyl (C=O) groups is 1. The van der Waals surface area contributed by atoms with Crippen molar-refractivity contribution in [1.82, 2.24) is 29.9 Å². The van der Waals surface area contributed by atoms with Crippen molar-refractivity contribution < 1.29 is 13.9 Å². The van der Waals surface area contributed by atoms with Gasteiger partial charge in [-0.3, -0.25) is 10.1 Å². The van der Waals surface area contributed by atoms with Crippen molar-refractivity contribution in [2.45, 2.75) is 24.1 Å². The molecule has 0 fully saturated rings. The van der Waals surface area contributed by atoms with Crippen LogP contribution >= 0.6 is 11.8 Å². The number of halogens is 1. The Balaban J connectivity index is 1.84. The summed E-state index contributed by atoms with van der Waals surface area (Å²) in [6.07, 6.45) is 2.41. The maximum atomic E-state index is 13.4. The first-order chi connectivity index (χ1) is 12.9. The molecule has 10 nitrogen and oxygen atoms in total. The molecule has 27 heavy (non-hydrogen) atoms. The molecule has 4 N–H and O–H groups in total. The Kier molecular flexibility index (Phi) is 5.35. The number of anilines is 2. The first-order valence-corrected chi connectivity index (χ1v) is 8.77. The maximum Gasteiger partial charge on any atom is 0.255 e. The molecule has 0 radical (unpaired) electrons. The van der Waals surface area contributed by atoms with Crippen molar-refractivity contribution in [3.05, 3.63) is 18.3 Å². The van der Waals surface area contributed by atoms with Crippen LogP contribution in [-0.4, -0.2) is 48.2 Å². The van der Waals surface area contributed by atoms with Crippen molar-refractivity contribution in [3.63, 3.8) is 0 Å². The SMILES string of the molecule is COc1nc(NC(=O)[C@@H](Sc2nc(N)nc3nc[nH]c23)C(C)C)ncc1F. The maximum absolute atomic E-state index is 13.4. The molecule has 3 aromatic rings. The van der Waals surface area contributed by atoms with Crippen LogP contribution < -0.4 is 15.8 Å². The van der Waals surface area contributed by atoms with Crippen LogP contribution in [0.15, 0.2) is 17.6 Å². The molecular weight excluding hydrogens is 375 g/mol. The molecule has 0 aliphatic heterocycles. The highest BCUT2D eigenvalue weighted by molar-refractivity contribution is 8.00. The number of amides is 1. The molecule has 0 bridgehead atoms. The lowest BCUT2D eigenvalue weighted by Crippen LogP contribution is -2.30. The van der Waals surface area contributed by atoms with Gasteiger partial charge >= 0.3 is 0 Å². The molecular formula is C15H17FN8O2S. The summed E-state index contributed by atoms with van der Waals surface area (Å²) in [5.74, 6) is -1.40. The van der Waals surface area contributed by atoms with Crippen LogP contribution in [0.5, 0.6) is 5.88 Å². The van der Waals surface area contributed by atoms with Gasteiger partial charge in [0.2, 0.25) is 23.6 Å². The molecule has 3 heterocycles. The molecule has 0 saturated heterocycles. The number of H-pyrrole nitrogens is 1. The van der Waals surface area contributed by atoms with Gasteiger partial charge in [0.05, 0.1) is 24.9 Å². The Hall–Kier alpha value is -3.02. The van der Waals surface area contributed by atoms with Crippen LogP contribution in [0.2, 0.25) is 0 Å².